The number of rotatable bonds is 4. The van der Waals surface area contributed by atoms with Crippen LogP contribution < -0.4 is 10.1 Å². The number of aromatic nitrogens is 1. The SMILES string of the molecule is CN(C)Cc1cnc(OC2(C)CNC2)s1. The maximum atomic E-state index is 5.83. The Morgan fingerprint density at radius 2 is 2.33 bits per heavy atom. The van der Waals surface area contributed by atoms with E-state index in [9.17, 15) is 0 Å². The molecule has 0 amide bonds. The minimum Gasteiger partial charge on any atom is -0.461 e. The molecule has 2 rings (SSSR count). The predicted octanol–water partition coefficient (Wildman–Crippen LogP) is 0.945. The maximum Gasteiger partial charge on any atom is 0.274 e. The van der Waals surface area contributed by atoms with E-state index in [-0.39, 0.29) is 5.60 Å². The molecule has 4 nitrogen and oxygen atoms in total. The third-order valence-corrected chi connectivity index (χ3v) is 3.20. The minimum atomic E-state index is -0.0484. The highest BCUT2D eigenvalue weighted by Gasteiger charge is 2.34. The lowest BCUT2D eigenvalue weighted by Crippen LogP contribution is -2.60. The highest BCUT2D eigenvalue weighted by molar-refractivity contribution is 7.13. The molecule has 0 radical (unpaired) electrons. The molecule has 5 heteroatoms. The first-order valence-electron chi connectivity index (χ1n) is 5.07. The van der Waals surface area contributed by atoms with Crippen molar-refractivity contribution in [1.82, 2.24) is 15.2 Å². The van der Waals surface area contributed by atoms with E-state index in [1.54, 1.807) is 11.3 Å². The molecule has 1 fully saturated rings. The van der Waals surface area contributed by atoms with Crippen molar-refractivity contribution in [3.05, 3.63) is 11.1 Å². The third kappa shape index (κ3) is 2.68. The van der Waals surface area contributed by atoms with E-state index in [2.05, 4.69) is 36.2 Å². The van der Waals surface area contributed by atoms with Gasteiger partial charge in [-0.1, -0.05) is 11.3 Å². The number of nitrogens with zero attached hydrogens (tertiary/aromatic N) is 2. The second kappa shape index (κ2) is 4.08. The normalized spacial score (nSPS) is 18.9. The summed E-state index contributed by atoms with van der Waals surface area (Å²) in [6.07, 6.45) is 1.90. The molecule has 0 spiro atoms. The number of thiazole rings is 1. The summed E-state index contributed by atoms with van der Waals surface area (Å²) in [5.41, 5.74) is -0.0484. The molecular formula is C10H17N3OS. The Morgan fingerprint density at radius 3 is 2.87 bits per heavy atom. The largest absolute Gasteiger partial charge is 0.461 e. The van der Waals surface area contributed by atoms with Gasteiger partial charge < -0.3 is 15.0 Å². The number of hydrogen-bond acceptors (Lipinski definition) is 5. The number of ether oxygens (including phenoxy) is 1. The number of hydrogen-bond donors (Lipinski definition) is 1. The maximum absolute atomic E-state index is 5.83. The summed E-state index contributed by atoms with van der Waals surface area (Å²) in [6.45, 7) is 4.86. The summed E-state index contributed by atoms with van der Waals surface area (Å²) in [5, 5.41) is 3.99. The van der Waals surface area contributed by atoms with Crippen LogP contribution in [0.5, 0.6) is 5.19 Å². The smallest absolute Gasteiger partial charge is 0.274 e. The molecular weight excluding hydrogens is 210 g/mol. The second-order valence-electron chi connectivity index (χ2n) is 4.49. The van der Waals surface area contributed by atoms with Crippen molar-refractivity contribution in [3.63, 3.8) is 0 Å². The lowest BCUT2D eigenvalue weighted by atomic mass is 10.0. The highest BCUT2D eigenvalue weighted by Crippen LogP contribution is 2.26. The van der Waals surface area contributed by atoms with Gasteiger partial charge in [0.15, 0.2) is 0 Å². The molecule has 0 atom stereocenters. The van der Waals surface area contributed by atoms with Crippen molar-refractivity contribution in [1.29, 1.82) is 0 Å². The van der Waals surface area contributed by atoms with Crippen LogP contribution in [0.2, 0.25) is 0 Å². The second-order valence-corrected chi connectivity index (χ2v) is 5.56. The molecule has 1 aliphatic rings. The topological polar surface area (TPSA) is 37.4 Å². The van der Waals surface area contributed by atoms with Crippen LogP contribution in [0.25, 0.3) is 0 Å². The van der Waals surface area contributed by atoms with Crippen molar-refractivity contribution < 1.29 is 4.74 Å². The van der Waals surface area contributed by atoms with Gasteiger partial charge in [0.2, 0.25) is 0 Å². The van der Waals surface area contributed by atoms with E-state index in [1.807, 2.05) is 6.20 Å². The molecule has 1 aromatic rings. The summed E-state index contributed by atoms with van der Waals surface area (Å²) >= 11 is 1.63. The Bertz CT molecular complexity index is 333. The molecule has 0 unspecified atom stereocenters. The van der Waals surface area contributed by atoms with Gasteiger partial charge >= 0.3 is 0 Å². The van der Waals surface area contributed by atoms with Gasteiger partial charge in [0.25, 0.3) is 5.19 Å². The van der Waals surface area contributed by atoms with E-state index >= 15 is 0 Å². The molecule has 0 saturated carbocycles. The van der Waals surface area contributed by atoms with Gasteiger partial charge in [0.05, 0.1) is 0 Å². The fourth-order valence-corrected chi connectivity index (χ4v) is 2.48. The zero-order valence-corrected chi connectivity index (χ0v) is 10.2. The van der Waals surface area contributed by atoms with Crippen LogP contribution in [0.4, 0.5) is 0 Å². The van der Waals surface area contributed by atoms with Crippen LogP contribution >= 0.6 is 11.3 Å². The lowest BCUT2D eigenvalue weighted by Gasteiger charge is -2.38. The summed E-state index contributed by atoms with van der Waals surface area (Å²) in [6, 6.07) is 0. The van der Waals surface area contributed by atoms with Gasteiger partial charge in [-0.25, -0.2) is 4.98 Å². The Balaban J connectivity index is 1.95. The van der Waals surface area contributed by atoms with E-state index < -0.39 is 0 Å². The Labute approximate surface area is 94.3 Å². The van der Waals surface area contributed by atoms with Gasteiger partial charge in [-0.2, -0.15) is 0 Å². The van der Waals surface area contributed by atoms with Crippen LogP contribution in [0.1, 0.15) is 11.8 Å². The quantitative estimate of drug-likeness (QED) is 0.831. The lowest BCUT2D eigenvalue weighted by molar-refractivity contribution is 0.0346. The first kappa shape index (κ1) is 10.9. The molecule has 84 valence electrons. The average molecular weight is 227 g/mol. The standard InChI is InChI=1S/C10H17N3OS/c1-10(6-11-7-10)14-9-12-4-8(15-9)5-13(2)3/h4,11H,5-7H2,1-3H3. The molecule has 1 aromatic heterocycles. The van der Waals surface area contributed by atoms with Crippen LogP contribution in [0.15, 0.2) is 6.20 Å². The Morgan fingerprint density at radius 1 is 1.60 bits per heavy atom. The van der Waals surface area contributed by atoms with Crippen molar-refractivity contribution in [3.8, 4) is 5.19 Å². The average Bonchev–Trinajstić information content (AvgIpc) is 2.48. The van der Waals surface area contributed by atoms with E-state index in [0.29, 0.717) is 0 Å². The Kier molecular flexibility index (Phi) is 2.95. The molecule has 1 N–H and O–H groups in total. The van der Waals surface area contributed by atoms with Gasteiger partial charge in [-0.3, -0.25) is 0 Å². The highest BCUT2D eigenvalue weighted by atomic mass is 32.1. The van der Waals surface area contributed by atoms with E-state index in [4.69, 9.17) is 4.74 Å². The Hall–Kier alpha value is -0.650. The van der Waals surface area contributed by atoms with E-state index in [0.717, 1.165) is 24.8 Å². The first-order chi connectivity index (χ1) is 7.07. The van der Waals surface area contributed by atoms with Crippen LogP contribution in [0.3, 0.4) is 0 Å². The molecule has 0 bridgehead atoms. The molecule has 0 aromatic carbocycles. The van der Waals surface area contributed by atoms with Gasteiger partial charge in [0, 0.05) is 30.7 Å². The van der Waals surface area contributed by atoms with Gasteiger partial charge in [-0.15, -0.1) is 0 Å². The van der Waals surface area contributed by atoms with Gasteiger partial charge in [-0.05, 0) is 21.0 Å². The van der Waals surface area contributed by atoms with E-state index in [1.165, 1.54) is 4.88 Å². The zero-order valence-electron chi connectivity index (χ0n) is 9.41. The summed E-state index contributed by atoms with van der Waals surface area (Å²) in [7, 11) is 4.11. The van der Waals surface area contributed by atoms with Crippen molar-refractivity contribution in [2.45, 2.75) is 19.1 Å². The molecule has 1 saturated heterocycles. The summed E-state index contributed by atoms with van der Waals surface area (Å²) in [5.74, 6) is 0. The summed E-state index contributed by atoms with van der Waals surface area (Å²) in [4.78, 5) is 7.65. The van der Waals surface area contributed by atoms with Gasteiger partial charge in [0.1, 0.15) is 5.60 Å². The number of nitrogens with one attached hydrogen (secondary N) is 1. The molecule has 2 heterocycles. The van der Waals surface area contributed by atoms with Crippen LogP contribution in [0, 0.1) is 0 Å². The fourth-order valence-electron chi connectivity index (χ4n) is 1.48. The summed E-state index contributed by atoms with van der Waals surface area (Å²) < 4.78 is 5.83. The first-order valence-corrected chi connectivity index (χ1v) is 5.88. The fraction of sp³-hybridized carbons (Fsp3) is 0.700. The molecule has 0 aliphatic carbocycles. The minimum absolute atomic E-state index is 0.0484. The van der Waals surface area contributed by atoms with Crippen molar-refractivity contribution >= 4 is 11.3 Å². The van der Waals surface area contributed by atoms with Crippen molar-refractivity contribution in [2.75, 3.05) is 27.2 Å². The molecule has 15 heavy (non-hydrogen) atoms. The predicted molar refractivity (Wildman–Crippen MR) is 61.4 cm³/mol. The van der Waals surface area contributed by atoms with Crippen molar-refractivity contribution in [2.24, 2.45) is 0 Å². The third-order valence-electron chi connectivity index (χ3n) is 2.34. The van der Waals surface area contributed by atoms with Crippen LogP contribution in [-0.2, 0) is 6.54 Å². The zero-order chi connectivity index (χ0) is 10.9. The van der Waals surface area contributed by atoms with Crippen LogP contribution in [-0.4, -0.2) is 42.7 Å². The monoisotopic (exact) mass is 227 g/mol. The molecule has 1 aliphatic heterocycles.